The number of hydrogen-bond acceptors (Lipinski definition) is 4. The summed E-state index contributed by atoms with van der Waals surface area (Å²) in [6.07, 6.45) is 0.281. The number of esters is 1. The van der Waals surface area contributed by atoms with E-state index in [0.29, 0.717) is 12.1 Å². The second-order valence-electron chi connectivity index (χ2n) is 5.20. The Labute approximate surface area is 135 Å². The SMILES string of the molecule is CCOC(=O)C(=O)N1CC[C@H](C(=O)Nc2cc(F)c(F)c(F)c2)C1. The average molecular weight is 344 g/mol. The Balaban J connectivity index is 1.97. The van der Waals surface area contributed by atoms with Gasteiger partial charge in [-0.15, -0.1) is 0 Å². The summed E-state index contributed by atoms with van der Waals surface area (Å²) in [4.78, 5) is 36.4. The number of halogens is 3. The van der Waals surface area contributed by atoms with Gasteiger partial charge in [-0.25, -0.2) is 18.0 Å². The number of benzene rings is 1. The molecule has 1 fully saturated rings. The van der Waals surface area contributed by atoms with Crippen molar-refractivity contribution in [2.24, 2.45) is 5.92 Å². The Kier molecular flexibility index (Phi) is 5.42. The first-order chi connectivity index (χ1) is 11.3. The molecule has 2 rings (SSSR count). The van der Waals surface area contributed by atoms with Gasteiger partial charge in [0.15, 0.2) is 17.5 Å². The van der Waals surface area contributed by atoms with Crippen molar-refractivity contribution in [3.8, 4) is 0 Å². The first kappa shape index (κ1) is 17.8. The molecule has 0 radical (unpaired) electrons. The zero-order valence-electron chi connectivity index (χ0n) is 12.8. The van der Waals surface area contributed by atoms with Gasteiger partial charge >= 0.3 is 11.9 Å². The average Bonchev–Trinajstić information content (AvgIpc) is 3.02. The highest BCUT2D eigenvalue weighted by Gasteiger charge is 2.34. The number of likely N-dealkylation sites (tertiary alicyclic amines) is 1. The Morgan fingerprint density at radius 3 is 2.46 bits per heavy atom. The van der Waals surface area contributed by atoms with E-state index in [1.165, 1.54) is 4.90 Å². The fraction of sp³-hybridized carbons (Fsp3) is 0.400. The van der Waals surface area contributed by atoms with Crippen LogP contribution in [0, 0.1) is 23.4 Å². The molecule has 1 aliphatic rings. The smallest absolute Gasteiger partial charge is 0.397 e. The van der Waals surface area contributed by atoms with Crippen LogP contribution in [0.2, 0.25) is 0 Å². The molecule has 1 aromatic carbocycles. The van der Waals surface area contributed by atoms with Gasteiger partial charge in [0.1, 0.15) is 0 Å². The lowest BCUT2D eigenvalue weighted by Crippen LogP contribution is -2.37. The van der Waals surface area contributed by atoms with Gasteiger partial charge in [-0.05, 0) is 13.3 Å². The zero-order valence-corrected chi connectivity index (χ0v) is 12.8. The van der Waals surface area contributed by atoms with E-state index in [9.17, 15) is 27.6 Å². The largest absolute Gasteiger partial charge is 0.459 e. The first-order valence-corrected chi connectivity index (χ1v) is 7.25. The fourth-order valence-electron chi connectivity index (χ4n) is 2.35. The van der Waals surface area contributed by atoms with E-state index in [-0.39, 0.29) is 31.8 Å². The summed E-state index contributed by atoms with van der Waals surface area (Å²) in [6.45, 7) is 1.79. The van der Waals surface area contributed by atoms with Crippen molar-refractivity contribution >= 4 is 23.5 Å². The lowest BCUT2D eigenvalue weighted by Gasteiger charge is -2.15. The Morgan fingerprint density at radius 1 is 1.25 bits per heavy atom. The third-order valence-electron chi connectivity index (χ3n) is 3.55. The number of carbonyl (C=O) groups is 3. The molecule has 1 aliphatic heterocycles. The Morgan fingerprint density at radius 2 is 1.88 bits per heavy atom. The minimum atomic E-state index is -1.62. The molecule has 6 nitrogen and oxygen atoms in total. The molecule has 130 valence electrons. The van der Waals surface area contributed by atoms with Gasteiger partial charge < -0.3 is 15.0 Å². The van der Waals surface area contributed by atoms with E-state index in [1.54, 1.807) is 6.92 Å². The van der Waals surface area contributed by atoms with Crippen LogP contribution in [0.4, 0.5) is 18.9 Å². The van der Waals surface area contributed by atoms with Crippen LogP contribution in [0.25, 0.3) is 0 Å². The molecule has 0 saturated carbocycles. The molecule has 1 aromatic rings. The van der Waals surface area contributed by atoms with Crippen molar-refractivity contribution in [1.29, 1.82) is 0 Å². The molecule has 1 saturated heterocycles. The van der Waals surface area contributed by atoms with Crippen molar-refractivity contribution in [2.45, 2.75) is 13.3 Å². The van der Waals surface area contributed by atoms with Crippen LogP contribution in [0.5, 0.6) is 0 Å². The van der Waals surface area contributed by atoms with Crippen molar-refractivity contribution in [2.75, 3.05) is 25.0 Å². The molecule has 1 heterocycles. The molecule has 0 aliphatic carbocycles. The van der Waals surface area contributed by atoms with E-state index in [0.717, 1.165) is 0 Å². The quantitative estimate of drug-likeness (QED) is 0.512. The first-order valence-electron chi connectivity index (χ1n) is 7.25. The third-order valence-corrected chi connectivity index (χ3v) is 3.55. The van der Waals surface area contributed by atoms with Gasteiger partial charge in [0.05, 0.1) is 12.5 Å². The van der Waals surface area contributed by atoms with Crippen molar-refractivity contribution in [3.63, 3.8) is 0 Å². The number of carbonyl (C=O) groups excluding carboxylic acids is 3. The van der Waals surface area contributed by atoms with E-state index in [4.69, 9.17) is 0 Å². The van der Waals surface area contributed by atoms with Crippen LogP contribution >= 0.6 is 0 Å². The standard InChI is InChI=1S/C15H15F3N2O4/c1-2-24-15(23)14(22)20-4-3-8(7-20)13(21)19-9-5-10(16)12(18)11(17)6-9/h5-6,8H,2-4,7H2,1H3,(H,19,21)/t8-/m0/s1. The lowest BCUT2D eigenvalue weighted by atomic mass is 10.1. The number of amides is 2. The van der Waals surface area contributed by atoms with Gasteiger partial charge in [0.25, 0.3) is 0 Å². The summed E-state index contributed by atoms with van der Waals surface area (Å²) in [5.74, 6) is -7.54. The van der Waals surface area contributed by atoms with Crippen LogP contribution < -0.4 is 5.32 Å². The van der Waals surface area contributed by atoms with Crippen LogP contribution in [0.15, 0.2) is 12.1 Å². The molecule has 1 N–H and O–H groups in total. The minimum Gasteiger partial charge on any atom is -0.459 e. The number of rotatable bonds is 3. The number of ether oxygens (including phenoxy) is 1. The van der Waals surface area contributed by atoms with Gasteiger partial charge in [-0.2, -0.15) is 0 Å². The van der Waals surface area contributed by atoms with Crippen molar-refractivity contribution in [1.82, 2.24) is 4.90 Å². The second kappa shape index (κ2) is 7.33. The summed E-state index contributed by atoms with van der Waals surface area (Å²) in [7, 11) is 0. The Hall–Kier alpha value is -2.58. The maximum Gasteiger partial charge on any atom is 0.397 e. The second-order valence-corrected chi connectivity index (χ2v) is 5.20. The van der Waals surface area contributed by atoms with Gasteiger partial charge in [-0.1, -0.05) is 0 Å². The van der Waals surface area contributed by atoms with E-state index < -0.39 is 41.2 Å². The molecule has 0 unspecified atom stereocenters. The highest BCUT2D eigenvalue weighted by Crippen LogP contribution is 2.21. The molecule has 0 bridgehead atoms. The maximum atomic E-state index is 13.1. The fourth-order valence-corrected chi connectivity index (χ4v) is 2.35. The minimum absolute atomic E-state index is 0.0182. The summed E-state index contributed by atoms with van der Waals surface area (Å²) < 4.78 is 43.7. The number of nitrogens with one attached hydrogen (secondary N) is 1. The summed E-state index contributed by atoms with van der Waals surface area (Å²) in [6, 6.07) is 1.32. The van der Waals surface area contributed by atoms with Crippen molar-refractivity contribution in [3.05, 3.63) is 29.6 Å². The summed E-state index contributed by atoms with van der Waals surface area (Å²) in [5.41, 5.74) is -0.230. The van der Waals surface area contributed by atoms with E-state index >= 15 is 0 Å². The molecule has 1 atom stereocenters. The van der Waals surface area contributed by atoms with Gasteiger partial charge in [-0.3, -0.25) is 9.59 Å². The van der Waals surface area contributed by atoms with E-state index in [2.05, 4.69) is 10.1 Å². The monoisotopic (exact) mass is 344 g/mol. The number of hydrogen-bond donors (Lipinski definition) is 1. The summed E-state index contributed by atoms with van der Waals surface area (Å²) >= 11 is 0. The summed E-state index contributed by atoms with van der Waals surface area (Å²) in [5, 5.41) is 2.27. The Bertz CT molecular complexity index is 658. The molecule has 0 spiro atoms. The van der Waals surface area contributed by atoms with E-state index in [1.807, 2.05) is 0 Å². The molecular weight excluding hydrogens is 329 g/mol. The number of nitrogens with zero attached hydrogens (tertiary/aromatic N) is 1. The maximum absolute atomic E-state index is 13.1. The normalized spacial score (nSPS) is 16.8. The van der Waals surface area contributed by atoms with Crippen LogP contribution in [-0.2, 0) is 19.1 Å². The molecule has 2 amide bonds. The highest BCUT2D eigenvalue weighted by atomic mass is 19.2. The topological polar surface area (TPSA) is 75.7 Å². The van der Waals surface area contributed by atoms with Crippen LogP contribution in [-0.4, -0.2) is 42.4 Å². The molecule has 24 heavy (non-hydrogen) atoms. The lowest BCUT2D eigenvalue weighted by molar-refractivity contribution is -0.159. The highest BCUT2D eigenvalue weighted by molar-refractivity contribution is 6.32. The van der Waals surface area contributed by atoms with Crippen LogP contribution in [0.1, 0.15) is 13.3 Å². The molecule has 9 heteroatoms. The third kappa shape index (κ3) is 3.84. The van der Waals surface area contributed by atoms with Crippen molar-refractivity contribution < 1.29 is 32.3 Å². The predicted molar refractivity (Wildman–Crippen MR) is 76.3 cm³/mol. The predicted octanol–water partition coefficient (Wildman–Crippen LogP) is 1.45. The number of anilines is 1. The van der Waals surface area contributed by atoms with Gasteiger partial charge in [0.2, 0.25) is 5.91 Å². The van der Waals surface area contributed by atoms with Crippen LogP contribution in [0.3, 0.4) is 0 Å². The zero-order chi connectivity index (χ0) is 17.9. The molecular formula is C15H15F3N2O4. The van der Waals surface area contributed by atoms with Gasteiger partial charge in [0, 0.05) is 30.9 Å². The molecule has 0 aromatic heterocycles.